The Hall–Kier alpha value is -2.99. The van der Waals surface area contributed by atoms with E-state index >= 15 is 0 Å². The van der Waals surface area contributed by atoms with Gasteiger partial charge in [0.25, 0.3) is 5.56 Å². The molecule has 4 rings (SSSR count). The van der Waals surface area contributed by atoms with Crippen molar-refractivity contribution >= 4 is 22.4 Å². The average molecular weight is 349 g/mol. The number of thiazole rings is 1. The lowest BCUT2D eigenvalue weighted by molar-refractivity contribution is 0.340. The van der Waals surface area contributed by atoms with Crippen molar-refractivity contribution in [1.82, 2.24) is 14.6 Å². The molecular weight excluding hydrogens is 334 g/mol. The maximum absolute atomic E-state index is 12.5. The molecule has 6 heteroatoms. The van der Waals surface area contributed by atoms with Crippen LogP contribution in [0.4, 0.5) is 0 Å². The van der Waals surface area contributed by atoms with Crippen LogP contribution in [-0.2, 0) is 0 Å². The van der Waals surface area contributed by atoms with E-state index in [4.69, 9.17) is 4.74 Å². The first-order valence-electron chi connectivity index (χ1n) is 7.94. The summed E-state index contributed by atoms with van der Waals surface area (Å²) in [4.78, 5) is 17.6. The van der Waals surface area contributed by atoms with Crippen LogP contribution < -0.4 is 14.8 Å². The third-order valence-corrected chi connectivity index (χ3v) is 4.66. The standard InChI is InChI=1S/C19H15N3O2S/c1-2-24-15-10-8-14(9-11-15)17-20-19-22(21-17)18(23)16(25-19)12-13-6-4-3-5-7-13/h3-12H,2H2,1H3/b16-12+. The van der Waals surface area contributed by atoms with Crippen molar-refractivity contribution in [2.45, 2.75) is 6.92 Å². The summed E-state index contributed by atoms with van der Waals surface area (Å²) in [6.45, 7) is 2.57. The second kappa shape index (κ2) is 6.49. The van der Waals surface area contributed by atoms with E-state index < -0.39 is 0 Å². The minimum Gasteiger partial charge on any atom is -0.494 e. The molecule has 0 atom stereocenters. The summed E-state index contributed by atoms with van der Waals surface area (Å²) in [7, 11) is 0. The van der Waals surface area contributed by atoms with E-state index in [1.54, 1.807) is 0 Å². The minimum atomic E-state index is -0.145. The molecule has 2 aromatic carbocycles. The third-order valence-electron chi connectivity index (χ3n) is 3.70. The lowest BCUT2D eigenvalue weighted by Gasteiger charge is -2.02. The molecule has 0 aliphatic rings. The van der Waals surface area contributed by atoms with Gasteiger partial charge in [-0.15, -0.1) is 5.10 Å². The van der Waals surface area contributed by atoms with E-state index in [0.717, 1.165) is 16.9 Å². The van der Waals surface area contributed by atoms with Crippen LogP contribution in [0.1, 0.15) is 12.5 Å². The molecule has 0 bridgehead atoms. The molecule has 124 valence electrons. The number of aromatic nitrogens is 3. The van der Waals surface area contributed by atoms with E-state index in [1.807, 2.05) is 67.6 Å². The second-order valence-electron chi connectivity index (χ2n) is 5.41. The van der Waals surface area contributed by atoms with E-state index in [9.17, 15) is 4.79 Å². The van der Waals surface area contributed by atoms with Crippen molar-refractivity contribution < 1.29 is 4.74 Å². The fraction of sp³-hybridized carbons (Fsp3) is 0.105. The topological polar surface area (TPSA) is 56.5 Å². The zero-order valence-electron chi connectivity index (χ0n) is 13.5. The van der Waals surface area contributed by atoms with E-state index in [0.29, 0.717) is 21.9 Å². The van der Waals surface area contributed by atoms with Crippen LogP contribution in [0.15, 0.2) is 59.4 Å². The number of rotatable bonds is 4. The molecular formula is C19H15N3O2S. The van der Waals surface area contributed by atoms with Gasteiger partial charge in [-0.25, -0.2) is 0 Å². The Morgan fingerprint density at radius 1 is 1.12 bits per heavy atom. The van der Waals surface area contributed by atoms with Crippen molar-refractivity contribution in [3.8, 4) is 17.1 Å². The molecule has 2 heterocycles. The number of benzene rings is 2. The molecule has 25 heavy (non-hydrogen) atoms. The van der Waals surface area contributed by atoms with Gasteiger partial charge in [-0.2, -0.15) is 9.50 Å². The van der Waals surface area contributed by atoms with Crippen LogP contribution in [-0.4, -0.2) is 21.2 Å². The van der Waals surface area contributed by atoms with Crippen molar-refractivity contribution in [2.24, 2.45) is 0 Å². The predicted molar refractivity (Wildman–Crippen MR) is 99.0 cm³/mol. The molecule has 0 saturated heterocycles. The summed E-state index contributed by atoms with van der Waals surface area (Å²) in [6.07, 6.45) is 1.86. The van der Waals surface area contributed by atoms with Gasteiger partial charge in [0.1, 0.15) is 5.75 Å². The fourth-order valence-electron chi connectivity index (χ4n) is 2.52. The van der Waals surface area contributed by atoms with Gasteiger partial charge in [0.2, 0.25) is 4.96 Å². The van der Waals surface area contributed by atoms with Crippen molar-refractivity contribution in [2.75, 3.05) is 6.61 Å². The van der Waals surface area contributed by atoms with Crippen molar-refractivity contribution in [1.29, 1.82) is 0 Å². The molecule has 0 spiro atoms. The molecule has 0 radical (unpaired) electrons. The zero-order valence-corrected chi connectivity index (χ0v) is 14.4. The lowest BCUT2D eigenvalue weighted by atomic mass is 10.2. The van der Waals surface area contributed by atoms with Gasteiger partial charge in [-0.1, -0.05) is 41.7 Å². The van der Waals surface area contributed by atoms with Crippen molar-refractivity contribution in [3.05, 3.63) is 75.0 Å². The van der Waals surface area contributed by atoms with Crippen LogP contribution >= 0.6 is 11.3 Å². The molecule has 0 saturated carbocycles. The maximum Gasteiger partial charge on any atom is 0.291 e. The number of hydrogen-bond acceptors (Lipinski definition) is 5. The van der Waals surface area contributed by atoms with Crippen LogP contribution in [0.25, 0.3) is 22.4 Å². The quantitative estimate of drug-likeness (QED) is 0.568. The summed E-state index contributed by atoms with van der Waals surface area (Å²) in [5.41, 5.74) is 1.69. The highest BCUT2D eigenvalue weighted by molar-refractivity contribution is 7.15. The normalized spacial score (nSPS) is 12.0. The van der Waals surface area contributed by atoms with Gasteiger partial charge in [0.15, 0.2) is 5.82 Å². The van der Waals surface area contributed by atoms with Crippen LogP contribution in [0, 0.1) is 0 Å². The Morgan fingerprint density at radius 3 is 2.56 bits per heavy atom. The number of nitrogens with zero attached hydrogens (tertiary/aromatic N) is 3. The summed E-state index contributed by atoms with van der Waals surface area (Å²) in [6, 6.07) is 17.3. The molecule has 0 N–H and O–H groups in total. The fourth-order valence-corrected chi connectivity index (χ4v) is 3.43. The molecule has 0 aliphatic heterocycles. The SMILES string of the molecule is CCOc1ccc(-c2nc3s/c(=C/c4ccccc4)c(=O)n3n2)cc1. The Bertz CT molecular complexity index is 1120. The number of ether oxygens (including phenoxy) is 1. The largest absolute Gasteiger partial charge is 0.494 e. The average Bonchev–Trinajstić information content (AvgIpc) is 3.17. The molecule has 0 fully saturated rings. The Kier molecular flexibility index (Phi) is 4.03. The molecule has 2 aromatic heterocycles. The van der Waals surface area contributed by atoms with Gasteiger partial charge in [-0.3, -0.25) is 4.79 Å². The number of hydrogen-bond donors (Lipinski definition) is 0. The first-order chi connectivity index (χ1) is 12.2. The highest BCUT2D eigenvalue weighted by Gasteiger charge is 2.12. The molecule has 5 nitrogen and oxygen atoms in total. The Labute approximate surface area is 147 Å². The van der Waals surface area contributed by atoms with Gasteiger partial charge >= 0.3 is 0 Å². The predicted octanol–water partition coefficient (Wildman–Crippen LogP) is 2.76. The highest BCUT2D eigenvalue weighted by atomic mass is 32.1. The first kappa shape index (κ1) is 15.5. The summed E-state index contributed by atoms with van der Waals surface area (Å²) in [5, 5.41) is 4.36. The molecule has 4 aromatic rings. The van der Waals surface area contributed by atoms with Crippen molar-refractivity contribution in [3.63, 3.8) is 0 Å². The minimum absolute atomic E-state index is 0.145. The Balaban J connectivity index is 1.73. The monoisotopic (exact) mass is 349 g/mol. The van der Waals surface area contributed by atoms with Crippen LogP contribution in [0.2, 0.25) is 0 Å². The van der Waals surface area contributed by atoms with Crippen LogP contribution in [0.3, 0.4) is 0 Å². The molecule has 0 aliphatic carbocycles. The highest BCUT2D eigenvalue weighted by Crippen LogP contribution is 2.20. The van der Waals surface area contributed by atoms with E-state index in [-0.39, 0.29) is 5.56 Å². The maximum atomic E-state index is 12.5. The summed E-state index contributed by atoms with van der Waals surface area (Å²) < 4.78 is 7.42. The summed E-state index contributed by atoms with van der Waals surface area (Å²) >= 11 is 1.34. The van der Waals surface area contributed by atoms with Gasteiger partial charge in [0.05, 0.1) is 11.1 Å². The van der Waals surface area contributed by atoms with E-state index in [1.165, 1.54) is 15.9 Å². The van der Waals surface area contributed by atoms with Crippen LogP contribution in [0.5, 0.6) is 5.75 Å². The third kappa shape index (κ3) is 3.04. The molecule has 0 amide bonds. The summed E-state index contributed by atoms with van der Waals surface area (Å²) in [5.74, 6) is 1.34. The second-order valence-corrected chi connectivity index (χ2v) is 6.42. The Morgan fingerprint density at radius 2 is 1.88 bits per heavy atom. The number of fused-ring (bicyclic) bond motifs is 1. The lowest BCUT2D eigenvalue weighted by Crippen LogP contribution is -2.23. The van der Waals surface area contributed by atoms with E-state index in [2.05, 4.69) is 10.1 Å². The smallest absolute Gasteiger partial charge is 0.291 e. The zero-order chi connectivity index (χ0) is 17.2. The van der Waals surface area contributed by atoms with Gasteiger partial charge < -0.3 is 4.74 Å². The first-order valence-corrected chi connectivity index (χ1v) is 8.76. The van der Waals surface area contributed by atoms with Gasteiger partial charge in [0, 0.05) is 5.56 Å². The molecule has 0 unspecified atom stereocenters. The van der Waals surface area contributed by atoms with Gasteiger partial charge in [-0.05, 0) is 42.8 Å².